The number of hydrogen-bond donors (Lipinski definition) is 3. The maximum atomic E-state index is 12.1. The number of fused-ring (bicyclic) bond motifs is 1. The lowest BCUT2D eigenvalue weighted by Crippen LogP contribution is -2.19. The second-order valence-electron chi connectivity index (χ2n) is 4.74. The smallest absolute Gasteiger partial charge is 0.251 e. The summed E-state index contributed by atoms with van der Waals surface area (Å²) in [4.78, 5) is 23.1. The van der Waals surface area contributed by atoms with Crippen molar-refractivity contribution in [2.75, 3.05) is 10.6 Å². The summed E-state index contributed by atoms with van der Waals surface area (Å²) >= 11 is 3.38. The minimum absolute atomic E-state index is 0.109. The first-order valence-electron chi connectivity index (χ1n) is 6.31. The highest BCUT2D eigenvalue weighted by Gasteiger charge is 2.30. The van der Waals surface area contributed by atoms with Crippen molar-refractivity contribution < 1.29 is 9.59 Å². The number of primary amides is 1. The molecule has 21 heavy (non-hydrogen) atoms. The van der Waals surface area contributed by atoms with Crippen LogP contribution in [0, 0.1) is 0 Å². The van der Waals surface area contributed by atoms with Crippen molar-refractivity contribution >= 4 is 39.1 Å². The zero-order valence-corrected chi connectivity index (χ0v) is 12.5. The normalized spacial score (nSPS) is 16.2. The number of halogens is 1. The van der Waals surface area contributed by atoms with Crippen LogP contribution < -0.4 is 16.4 Å². The largest absolute Gasteiger partial charge is 0.370 e. The number of anilines is 2. The van der Waals surface area contributed by atoms with Gasteiger partial charge in [-0.2, -0.15) is 0 Å². The Hall–Kier alpha value is -2.34. The van der Waals surface area contributed by atoms with Crippen molar-refractivity contribution in [3.8, 4) is 0 Å². The molecule has 6 heteroatoms. The molecule has 1 atom stereocenters. The lowest BCUT2D eigenvalue weighted by Gasteiger charge is -2.13. The second kappa shape index (κ2) is 5.21. The Bertz CT molecular complexity index is 728. The molecule has 0 fully saturated rings. The number of amides is 2. The molecule has 0 bridgehead atoms. The molecule has 2 amide bonds. The van der Waals surface area contributed by atoms with Crippen LogP contribution in [0.3, 0.4) is 0 Å². The van der Waals surface area contributed by atoms with E-state index in [0.717, 1.165) is 21.4 Å². The van der Waals surface area contributed by atoms with E-state index in [1.165, 1.54) is 0 Å². The van der Waals surface area contributed by atoms with Gasteiger partial charge >= 0.3 is 0 Å². The highest BCUT2D eigenvalue weighted by Crippen LogP contribution is 2.35. The van der Waals surface area contributed by atoms with Gasteiger partial charge in [-0.25, -0.2) is 0 Å². The fourth-order valence-corrected chi connectivity index (χ4v) is 2.64. The minimum atomic E-state index is -0.477. The van der Waals surface area contributed by atoms with Crippen LogP contribution in [-0.4, -0.2) is 11.8 Å². The SMILES string of the molecule is NC(=O)c1ccc(NC2C(=O)Nc3cc(Br)ccc32)cc1. The summed E-state index contributed by atoms with van der Waals surface area (Å²) < 4.78 is 0.910. The van der Waals surface area contributed by atoms with Crippen LogP contribution in [0.5, 0.6) is 0 Å². The zero-order valence-electron chi connectivity index (χ0n) is 10.9. The molecule has 2 aromatic rings. The summed E-state index contributed by atoms with van der Waals surface area (Å²) in [5.41, 5.74) is 8.06. The van der Waals surface area contributed by atoms with Crippen LogP contribution >= 0.6 is 15.9 Å². The number of nitrogens with one attached hydrogen (secondary N) is 2. The van der Waals surface area contributed by atoms with Gasteiger partial charge in [0.05, 0.1) is 0 Å². The summed E-state index contributed by atoms with van der Waals surface area (Å²) in [7, 11) is 0. The van der Waals surface area contributed by atoms with Crippen LogP contribution in [0.1, 0.15) is 22.0 Å². The standard InChI is InChI=1S/C15H12BrN3O2/c16-9-3-6-11-12(7-9)19-15(21)13(11)18-10-4-1-8(2-5-10)14(17)20/h1-7,13,18H,(H2,17,20)(H,19,21). The van der Waals surface area contributed by atoms with E-state index in [2.05, 4.69) is 26.6 Å². The molecule has 0 radical (unpaired) electrons. The van der Waals surface area contributed by atoms with E-state index in [9.17, 15) is 9.59 Å². The third-order valence-corrected chi connectivity index (χ3v) is 3.82. The first kappa shape index (κ1) is 13.6. The maximum Gasteiger partial charge on any atom is 0.251 e. The van der Waals surface area contributed by atoms with Crippen molar-refractivity contribution in [2.24, 2.45) is 5.73 Å². The molecule has 0 saturated heterocycles. The number of rotatable bonds is 3. The Kier molecular flexibility index (Phi) is 3.39. The topological polar surface area (TPSA) is 84.2 Å². The number of hydrogen-bond acceptors (Lipinski definition) is 3. The van der Waals surface area contributed by atoms with Gasteiger partial charge in [-0.1, -0.05) is 22.0 Å². The molecule has 1 unspecified atom stereocenters. The fraction of sp³-hybridized carbons (Fsp3) is 0.0667. The van der Waals surface area contributed by atoms with Crippen molar-refractivity contribution in [1.82, 2.24) is 0 Å². The van der Waals surface area contributed by atoms with E-state index in [1.807, 2.05) is 18.2 Å². The van der Waals surface area contributed by atoms with Crippen molar-refractivity contribution in [1.29, 1.82) is 0 Å². The number of carbonyl (C=O) groups excluding carboxylic acids is 2. The van der Waals surface area contributed by atoms with E-state index >= 15 is 0 Å². The monoisotopic (exact) mass is 345 g/mol. The van der Waals surface area contributed by atoms with Gasteiger partial charge in [-0.15, -0.1) is 0 Å². The average molecular weight is 346 g/mol. The lowest BCUT2D eigenvalue weighted by molar-refractivity contribution is -0.116. The first-order valence-corrected chi connectivity index (χ1v) is 7.10. The van der Waals surface area contributed by atoms with Gasteiger partial charge in [0.25, 0.3) is 5.91 Å². The van der Waals surface area contributed by atoms with Crippen molar-refractivity contribution in [2.45, 2.75) is 6.04 Å². The molecule has 0 spiro atoms. The Morgan fingerprint density at radius 1 is 1.19 bits per heavy atom. The molecule has 1 aliphatic heterocycles. The maximum absolute atomic E-state index is 12.1. The predicted octanol–water partition coefficient (Wildman–Crippen LogP) is 2.65. The summed E-state index contributed by atoms with van der Waals surface area (Å²) in [6.07, 6.45) is 0. The van der Waals surface area contributed by atoms with Gasteiger partial charge in [-0.3, -0.25) is 9.59 Å². The second-order valence-corrected chi connectivity index (χ2v) is 5.66. The van der Waals surface area contributed by atoms with Gasteiger partial charge in [0, 0.05) is 27.0 Å². The summed E-state index contributed by atoms with van der Waals surface area (Å²) in [5, 5.41) is 5.99. The van der Waals surface area contributed by atoms with Gasteiger partial charge in [0.15, 0.2) is 0 Å². The summed E-state index contributed by atoms with van der Waals surface area (Å²) in [6, 6.07) is 11.9. The molecule has 0 aliphatic carbocycles. The third kappa shape index (κ3) is 2.62. The molecule has 0 saturated carbocycles. The van der Waals surface area contributed by atoms with Crippen LogP contribution in [0.4, 0.5) is 11.4 Å². The van der Waals surface area contributed by atoms with Crippen LogP contribution in [0.2, 0.25) is 0 Å². The van der Waals surface area contributed by atoms with E-state index in [4.69, 9.17) is 5.73 Å². The molecule has 4 N–H and O–H groups in total. The number of nitrogens with two attached hydrogens (primary N) is 1. The molecular formula is C15H12BrN3O2. The number of carbonyl (C=O) groups is 2. The van der Waals surface area contributed by atoms with Crippen LogP contribution in [0.25, 0.3) is 0 Å². The highest BCUT2D eigenvalue weighted by atomic mass is 79.9. The van der Waals surface area contributed by atoms with Crippen molar-refractivity contribution in [3.05, 3.63) is 58.1 Å². The quantitative estimate of drug-likeness (QED) is 0.799. The Labute approximate surface area is 129 Å². The van der Waals surface area contributed by atoms with Crippen LogP contribution in [-0.2, 0) is 4.79 Å². The van der Waals surface area contributed by atoms with Gasteiger partial charge in [0.1, 0.15) is 6.04 Å². The molecule has 3 rings (SSSR count). The molecule has 106 valence electrons. The molecular weight excluding hydrogens is 334 g/mol. The Morgan fingerprint density at radius 3 is 2.57 bits per heavy atom. The molecule has 1 aliphatic rings. The predicted molar refractivity (Wildman–Crippen MR) is 84.1 cm³/mol. The third-order valence-electron chi connectivity index (χ3n) is 3.33. The Morgan fingerprint density at radius 2 is 1.90 bits per heavy atom. The van der Waals surface area contributed by atoms with Crippen LogP contribution in [0.15, 0.2) is 46.9 Å². The van der Waals surface area contributed by atoms with E-state index in [-0.39, 0.29) is 5.91 Å². The van der Waals surface area contributed by atoms with E-state index in [1.54, 1.807) is 24.3 Å². The summed E-state index contributed by atoms with van der Waals surface area (Å²) in [6.45, 7) is 0. The molecule has 5 nitrogen and oxygen atoms in total. The molecule has 1 heterocycles. The van der Waals surface area contributed by atoms with E-state index in [0.29, 0.717) is 5.56 Å². The first-order chi connectivity index (χ1) is 10.0. The van der Waals surface area contributed by atoms with Gasteiger partial charge < -0.3 is 16.4 Å². The highest BCUT2D eigenvalue weighted by molar-refractivity contribution is 9.10. The fourth-order valence-electron chi connectivity index (χ4n) is 2.28. The summed E-state index contributed by atoms with van der Waals surface area (Å²) in [5.74, 6) is -0.586. The average Bonchev–Trinajstić information content (AvgIpc) is 2.75. The molecule has 0 aromatic heterocycles. The molecule has 2 aromatic carbocycles. The lowest BCUT2D eigenvalue weighted by atomic mass is 10.1. The van der Waals surface area contributed by atoms with Gasteiger partial charge in [0.2, 0.25) is 5.91 Å². The van der Waals surface area contributed by atoms with Crippen molar-refractivity contribution in [3.63, 3.8) is 0 Å². The zero-order chi connectivity index (χ0) is 15.0. The minimum Gasteiger partial charge on any atom is -0.370 e. The van der Waals surface area contributed by atoms with Gasteiger partial charge in [-0.05, 0) is 36.4 Å². The van der Waals surface area contributed by atoms with E-state index < -0.39 is 11.9 Å². The Balaban J connectivity index is 1.85. The number of benzene rings is 2.